The van der Waals surface area contributed by atoms with Crippen molar-refractivity contribution in [3.05, 3.63) is 0 Å². The summed E-state index contributed by atoms with van der Waals surface area (Å²) in [4.78, 5) is 14.4. The van der Waals surface area contributed by atoms with E-state index in [1.807, 2.05) is 0 Å². The number of carbonyl (C=O) groups excluding carboxylic acids is 1. The maximum absolute atomic E-state index is 11.9. The highest BCUT2D eigenvalue weighted by Gasteiger charge is 2.20. The van der Waals surface area contributed by atoms with E-state index in [9.17, 15) is 4.79 Å². The molecular weight excluding hydrogens is 236 g/mol. The van der Waals surface area contributed by atoms with Crippen molar-refractivity contribution in [3.63, 3.8) is 0 Å². The lowest BCUT2D eigenvalue weighted by Gasteiger charge is -2.31. The zero-order valence-electron chi connectivity index (χ0n) is 12.5. The first-order valence-corrected chi connectivity index (χ1v) is 8.27. The molecule has 19 heavy (non-hydrogen) atoms. The highest BCUT2D eigenvalue weighted by atomic mass is 16.1. The van der Waals surface area contributed by atoms with E-state index in [0.717, 1.165) is 31.8 Å². The van der Waals surface area contributed by atoms with E-state index in [0.29, 0.717) is 5.92 Å². The molecule has 1 atom stereocenters. The molecule has 0 aromatic carbocycles. The Balaban J connectivity index is 1.57. The highest BCUT2D eigenvalue weighted by molar-refractivity contribution is 5.75. The first kappa shape index (κ1) is 14.8. The van der Waals surface area contributed by atoms with Crippen molar-refractivity contribution < 1.29 is 4.79 Å². The van der Waals surface area contributed by atoms with Gasteiger partial charge in [0.15, 0.2) is 0 Å². The minimum Gasteiger partial charge on any atom is -0.356 e. The predicted molar refractivity (Wildman–Crippen MR) is 79.0 cm³/mol. The number of hydrogen-bond donors (Lipinski definition) is 1. The fourth-order valence-electron chi connectivity index (χ4n) is 3.59. The Kier molecular flexibility index (Phi) is 6.15. The molecule has 3 nitrogen and oxygen atoms in total. The summed E-state index contributed by atoms with van der Waals surface area (Å²) in [6.45, 7) is 6.66. The van der Waals surface area contributed by atoms with Crippen LogP contribution in [0.25, 0.3) is 0 Å². The third kappa shape index (κ3) is 5.13. The van der Waals surface area contributed by atoms with Gasteiger partial charge >= 0.3 is 0 Å². The van der Waals surface area contributed by atoms with Crippen molar-refractivity contribution >= 4 is 5.91 Å². The van der Waals surface area contributed by atoms with Gasteiger partial charge in [0.25, 0.3) is 0 Å². The Hall–Kier alpha value is -0.570. The monoisotopic (exact) mass is 266 g/mol. The van der Waals surface area contributed by atoms with E-state index in [1.165, 1.54) is 51.6 Å². The summed E-state index contributed by atoms with van der Waals surface area (Å²) in [6.07, 6.45) is 9.87. The molecule has 110 valence electrons. The third-order valence-corrected chi connectivity index (χ3v) is 4.89. The van der Waals surface area contributed by atoms with Crippen LogP contribution in [0, 0.1) is 11.8 Å². The molecule has 1 saturated carbocycles. The molecule has 1 N–H and O–H groups in total. The fraction of sp³-hybridized carbons (Fsp3) is 0.938. The van der Waals surface area contributed by atoms with E-state index < -0.39 is 0 Å². The maximum Gasteiger partial charge on any atom is 0.220 e. The van der Waals surface area contributed by atoms with Crippen molar-refractivity contribution in [3.8, 4) is 0 Å². The largest absolute Gasteiger partial charge is 0.356 e. The molecule has 2 fully saturated rings. The second-order valence-corrected chi connectivity index (χ2v) is 6.39. The second kappa shape index (κ2) is 7.88. The second-order valence-electron chi connectivity index (χ2n) is 6.39. The number of hydrogen-bond acceptors (Lipinski definition) is 2. The smallest absolute Gasteiger partial charge is 0.220 e. The lowest BCUT2D eigenvalue weighted by molar-refractivity contribution is -0.121. The number of nitrogens with one attached hydrogen (secondary N) is 1. The molecule has 3 heteroatoms. The van der Waals surface area contributed by atoms with Gasteiger partial charge in [0.05, 0.1) is 0 Å². The molecule has 2 aliphatic rings. The molecule has 0 aromatic rings. The normalized spacial score (nSPS) is 25.6. The van der Waals surface area contributed by atoms with Crippen molar-refractivity contribution in [2.45, 2.75) is 58.3 Å². The summed E-state index contributed by atoms with van der Waals surface area (Å²) in [6, 6.07) is 0. The van der Waals surface area contributed by atoms with E-state index in [4.69, 9.17) is 0 Å². The topological polar surface area (TPSA) is 32.3 Å². The lowest BCUT2D eigenvalue weighted by Crippen LogP contribution is -2.40. The molecule has 0 bridgehead atoms. The first-order chi connectivity index (χ1) is 9.28. The summed E-state index contributed by atoms with van der Waals surface area (Å²) in [5, 5.41) is 3.16. The average molecular weight is 266 g/mol. The quantitative estimate of drug-likeness (QED) is 0.802. The number of piperidine rings is 1. The minimum atomic E-state index is 0.278. The van der Waals surface area contributed by atoms with E-state index in [1.54, 1.807) is 0 Å². The molecule has 1 amide bonds. The fourth-order valence-corrected chi connectivity index (χ4v) is 3.59. The van der Waals surface area contributed by atoms with Crippen molar-refractivity contribution in [2.75, 3.05) is 26.2 Å². The third-order valence-electron chi connectivity index (χ3n) is 4.89. The van der Waals surface area contributed by atoms with Crippen molar-refractivity contribution in [2.24, 2.45) is 11.8 Å². The van der Waals surface area contributed by atoms with Gasteiger partial charge in [-0.05, 0) is 44.2 Å². The summed E-state index contributed by atoms with van der Waals surface area (Å²) >= 11 is 0. The standard InChI is InChI=1S/C16H30N2O/c1-2-18-11-5-8-15(13-18)12-17-16(19)10-9-14-6-3-4-7-14/h14-15H,2-13H2,1H3,(H,17,19)/t15-/m0/s1. The number of rotatable bonds is 6. The summed E-state index contributed by atoms with van der Waals surface area (Å²) < 4.78 is 0. The highest BCUT2D eigenvalue weighted by Crippen LogP contribution is 2.28. The average Bonchev–Trinajstić information content (AvgIpc) is 2.96. The van der Waals surface area contributed by atoms with Crippen molar-refractivity contribution in [1.82, 2.24) is 10.2 Å². The van der Waals surface area contributed by atoms with E-state index in [2.05, 4.69) is 17.1 Å². The Morgan fingerprint density at radius 2 is 1.89 bits per heavy atom. The molecule has 0 unspecified atom stereocenters. The van der Waals surface area contributed by atoms with Crippen LogP contribution in [0.5, 0.6) is 0 Å². The molecule has 1 heterocycles. The van der Waals surface area contributed by atoms with Crippen LogP contribution in [0.1, 0.15) is 58.3 Å². The SMILES string of the molecule is CCN1CCC[C@@H](CNC(=O)CCC2CCCC2)C1. The van der Waals surface area contributed by atoms with Crippen LogP contribution in [0.4, 0.5) is 0 Å². The lowest BCUT2D eigenvalue weighted by atomic mass is 9.97. The van der Waals surface area contributed by atoms with Crippen LogP contribution in [0.15, 0.2) is 0 Å². The number of amides is 1. The summed E-state index contributed by atoms with van der Waals surface area (Å²) in [5.74, 6) is 1.78. The Morgan fingerprint density at radius 3 is 2.63 bits per heavy atom. The van der Waals surface area contributed by atoms with Gasteiger partial charge in [-0.1, -0.05) is 32.6 Å². The Morgan fingerprint density at radius 1 is 1.16 bits per heavy atom. The van der Waals surface area contributed by atoms with Crippen LogP contribution in [0.2, 0.25) is 0 Å². The first-order valence-electron chi connectivity index (χ1n) is 8.27. The summed E-state index contributed by atoms with van der Waals surface area (Å²) in [5.41, 5.74) is 0. The van der Waals surface area contributed by atoms with E-state index >= 15 is 0 Å². The van der Waals surface area contributed by atoms with Crippen LogP contribution in [-0.2, 0) is 4.79 Å². The van der Waals surface area contributed by atoms with Gasteiger partial charge in [-0.25, -0.2) is 0 Å². The molecule has 1 saturated heterocycles. The number of nitrogens with zero attached hydrogens (tertiary/aromatic N) is 1. The van der Waals surface area contributed by atoms with Crippen molar-refractivity contribution in [1.29, 1.82) is 0 Å². The van der Waals surface area contributed by atoms with Crippen LogP contribution in [-0.4, -0.2) is 37.0 Å². The minimum absolute atomic E-state index is 0.278. The van der Waals surface area contributed by atoms with Gasteiger partial charge in [-0.3, -0.25) is 4.79 Å². The molecule has 0 aromatic heterocycles. The molecular formula is C16H30N2O. The van der Waals surface area contributed by atoms with Crippen LogP contribution in [0.3, 0.4) is 0 Å². The zero-order valence-corrected chi connectivity index (χ0v) is 12.5. The van der Waals surface area contributed by atoms with Gasteiger partial charge in [-0.2, -0.15) is 0 Å². The molecule has 0 spiro atoms. The number of carbonyl (C=O) groups is 1. The van der Waals surface area contributed by atoms with Gasteiger partial charge in [0, 0.05) is 19.5 Å². The number of likely N-dealkylation sites (tertiary alicyclic amines) is 1. The Labute approximate surface area is 118 Å². The van der Waals surface area contributed by atoms with Crippen LogP contribution >= 0.6 is 0 Å². The van der Waals surface area contributed by atoms with E-state index in [-0.39, 0.29) is 5.91 Å². The molecule has 1 aliphatic carbocycles. The van der Waals surface area contributed by atoms with Gasteiger partial charge < -0.3 is 10.2 Å². The van der Waals surface area contributed by atoms with Gasteiger partial charge in [-0.15, -0.1) is 0 Å². The molecule has 0 radical (unpaired) electrons. The molecule has 2 rings (SSSR count). The van der Waals surface area contributed by atoms with Crippen LogP contribution < -0.4 is 5.32 Å². The maximum atomic E-state index is 11.9. The van der Waals surface area contributed by atoms with Gasteiger partial charge in [0.2, 0.25) is 5.91 Å². The Bertz CT molecular complexity index is 274. The predicted octanol–water partition coefficient (Wildman–Crippen LogP) is 2.80. The summed E-state index contributed by atoms with van der Waals surface area (Å²) in [7, 11) is 0. The zero-order chi connectivity index (χ0) is 13.5. The van der Waals surface area contributed by atoms with Gasteiger partial charge in [0.1, 0.15) is 0 Å². The molecule has 1 aliphatic heterocycles.